The van der Waals surface area contributed by atoms with E-state index in [4.69, 9.17) is 23.2 Å². The summed E-state index contributed by atoms with van der Waals surface area (Å²) >= 11 is 15.1. The Kier molecular flexibility index (Phi) is 7.08. The molecule has 2 aromatic carbocycles. The third kappa shape index (κ3) is 4.97. The molecule has 1 saturated heterocycles. The van der Waals surface area contributed by atoms with E-state index >= 15 is 0 Å². The Bertz CT molecular complexity index is 790. The molecule has 5 heteroatoms. The van der Waals surface area contributed by atoms with Crippen molar-refractivity contribution in [2.45, 2.75) is 38.1 Å². The Labute approximate surface area is 192 Å². The first kappa shape index (κ1) is 20.8. The second-order valence-corrected chi connectivity index (χ2v) is 10.2. The van der Waals surface area contributed by atoms with Crippen LogP contribution in [-0.4, -0.2) is 31.1 Å². The fraction of sp³-hybridized carbons (Fsp3) is 0.478. The van der Waals surface area contributed by atoms with Gasteiger partial charge in [0.2, 0.25) is 0 Å². The van der Waals surface area contributed by atoms with Crippen molar-refractivity contribution >= 4 is 51.5 Å². The van der Waals surface area contributed by atoms with E-state index < -0.39 is 0 Å². The molecule has 2 aromatic rings. The second-order valence-electron chi connectivity index (χ2n) is 8.12. The van der Waals surface area contributed by atoms with Gasteiger partial charge in [-0.05, 0) is 77.2 Å². The van der Waals surface area contributed by atoms with Crippen LogP contribution < -0.4 is 4.90 Å². The lowest BCUT2D eigenvalue weighted by molar-refractivity contribution is 0.171. The van der Waals surface area contributed by atoms with Crippen LogP contribution in [0.1, 0.15) is 43.7 Å². The van der Waals surface area contributed by atoms with Crippen LogP contribution in [0.2, 0.25) is 10.0 Å². The van der Waals surface area contributed by atoms with E-state index in [0.29, 0.717) is 6.04 Å². The molecule has 28 heavy (non-hydrogen) atoms. The molecule has 150 valence electrons. The zero-order valence-corrected chi connectivity index (χ0v) is 19.8. The summed E-state index contributed by atoms with van der Waals surface area (Å²) in [6, 6.07) is 15.0. The minimum Gasteiger partial charge on any atom is -0.361 e. The summed E-state index contributed by atoms with van der Waals surface area (Å²) in [6.45, 7) is 4.38. The van der Waals surface area contributed by atoms with Gasteiger partial charge >= 0.3 is 0 Å². The van der Waals surface area contributed by atoms with E-state index in [1.807, 2.05) is 12.1 Å². The zero-order valence-electron chi connectivity index (χ0n) is 16.1. The van der Waals surface area contributed by atoms with E-state index in [1.165, 1.54) is 47.8 Å². The van der Waals surface area contributed by atoms with E-state index in [1.54, 1.807) is 0 Å². The Morgan fingerprint density at radius 2 is 1.68 bits per heavy atom. The van der Waals surface area contributed by atoms with Gasteiger partial charge < -0.3 is 4.90 Å². The van der Waals surface area contributed by atoms with E-state index in [-0.39, 0.29) is 0 Å². The van der Waals surface area contributed by atoms with Crippen molar-refractivity contribution in [3.63, 3.8) is 0 Å². The molecular formula is C23H27Cl2IN2. The summed E-state index contributed by atoms with van der Waals surface area (Å²) in [6.07, 6.45) is 7.03. The highest BCUT2D eigenvalue weighted by Crippen LogP contribution is 2.37. The molecule has 0 spiro atoms. The van der Waals surface area contributed by atoms with Crippen molar-refractivity contribution < 1.29 is 0 Å². The normalized spacial score (nSPS) is 21.8. The molecule has 0 aromatic heterocycles. The minimum absolute atomic E-state index is 0.298. The summed E-state index contributed by atoms with van der Waals surface area (Å²) in [4.78, 5) is 5.16. The molecule has 2 aliphatic rings. The predicted octanol–water partition coefficient (Wildman–Crippen LogP) is 7.04. The fourth-order valence-electron chi connectivity index (χ4n) is 4.71. The van der Waals surface area contributed by atoms with Gasteiger partial charge in [-0.1, -0.05) is 54.6 Å². The first-order valence-corrected chi connectivity index (χ1v) is 12.1. The summed E-state index contributed by atoms with van der Waals surface area (Å²) in [5.74, 6) is 0.869. The average Bonchev–Trinajstić information content (AvgIpc) is 2.70. The van der Waals surface area contributed by atoms with Crippen LogP contribution in [0.15, 0.2) is 42.5 Å². The highest BCUT2D eigenvalue weighted by Gasteiger charge is 2.31. The van der Waals surface area contributed by atoms with E-state index in [2.05, 4.69) is 62.7 Å². The highest BCUT2D eigenvalue weighted by atomic mass is 127. The van der Waals surface area contributed by atoms with Crippen molar-refractivity contribution in [1.29, 1.82) is 0 Å². The fourth-order valence-corrected chi connectivity index (χ4v) is 5.80. The first-order valence-electron chi connectivity index (χ1n) is 10.3. The number of halogens is 3. The molecule has 4 rings (SSSR count). The summed E-state index contributed by atoms with van der Waals surface area (Å²) in [5.41, 5.74) is 2.45. The van der Waals surface area contributed by atoms with Gasteiger partial charge in [0.1, 0.15) is 0 Å². The summed E-state index contributed by atoms with van der Waals surface area (Å²) in [5, 5.41) is 1.63. The van der Waals surface area contributed by atoms with Crippen molar-refractivity contribution in [3.05, 3.63) is 61.6 Å². The molecule has 0 amide bonds. The number of rotatable bonds is 4. The molecule has 1 atom stereocenters. The van der Waals surface area contributed by atoms with Crippen molar-refractivity contribution in [1.82, 2.24) is 4.90 Å². The Balaban J connectivity index is 1.58. The largest absolute Gasteiger partial charge is 0.361 e. The van der Waals surface area contributed by atoms with Gasteiger partial charge in [0.25, 0.3) is 0 Å². The molecule has 2 nitrogen and oxygen atoms in total. The maximum Gasteiger partial charge on any atom is 0.0670 e. The first-order chi connectivity index (χ1) is 13.6. The third-order valence-corrected chi connectivity index (χ3v) is 7.41. The van der Waals surface area contributed by atoms with Crippen LogP contribution >= 0.6 is 45.8 Å². The minimum atomic E-state index is 0.298. The molecule has 1 aliphatic heterocycles. The van der Waals surface area contributed by atoms with E-state index in [0.717, 1.165) is 41.3 Å². The molecule has 1 unspecified atom stereocenters. The topological polar surface area (TPSA) is 6.48 Å². The van der Waals surface area contributed by atoms with Gasteiger partial charge in [0.05, 0.1) is 16.8 Å². The number of anilines is 1. The van der Waals surface area contributed by atoms with E-state index in [9.17, 15) is 0 Å². The molecule has 0 N–H and O–H groups in total. The van der Waals surface area contributed by atoms with Gasteiger partial charge in [-0.2, -0.15) is 0 Å². The lowest BCUT2D eigenvalue weighted by Gasteiger charge is -2.44. The molecule has 2 fully saturated rings. The lowest BCUT2D eigenvalue weighted by Crippen LogP contribution is -2.50. The number of hydrogen-bond acceptors (Lipinski definition) is 2. The summed E-state index contributed by atoms with van der Waals surface area (Å²) < 4.78 is 1.17. The Morgan fingerprint density at radius 1 is 0.929 bits per heavy atom. The van der Waals surface area contributed by atoms with Gasteiger partial charge in [-0.25, -0.2) is 0 Å². The van der Waals surface area contributed by atoms with Crippen molar-refractivity contribution in [2.75, 3.05) is 31.1 Å². The predicted molar refractivity (Wildman–Crippen MR) is 129 cm³/mol. The molecule has 1 heterocycles. The smallest absolute Gasteiger partial charge is 0.0670 e. The number of piperazine rings is 1. The zero-order chi connectivity index (χ0) is 19.5. The van der Waals surface area contributed by atoms with Gasteiger partial charge in [-0.15, -0.1) is 0 Å². The van der Waals surface area contributed by atoms with Crippen LogP contribution in [0.5, 0.6) is 0 Å². The quantitative estimate of drug-likeness (QED) is 0.392. The van der Waals surface area contributed by atoms with Crippen LogP contribution in [0, 0.1) is 9.49 Å². The van der Waals surface area contributed by atoms with Crippen molar-refractivity contribution in [2.24, 2.45) is 5.92 Å². The molecule has 1 saturated carbocycles. The Morgan fingerprint density at radius 3 is 2.39 bits per heavy atom. The molecule has 0 radical (unpaired) electrons. The van der Waals surface area contributed by atoms with Gasteiger partial charge in [0, 0.05) is 34.8 Å². The van der Waals surface area contributed by atoms with Gasteiger partial charge in [-0.3, -0.25) is 4.90 Å². The number of hydrogen-bond donors (Lipinski definition) is 0. The second kappa shape index (κ2) is 9.55. The van der Waals surface area contributed by atoms with Crippen molar-refractivity contribution in [3.8, 4) is 0 Å². The summed E-state index contributed by atoms with van der Waals surface area (Å²) in [7, 11) is 0. The maximum absolute atomic E-state index is 6.65. The monoisotopic (exact) mass is 528 g/mol. The highest BCUT2D eigenvalue weighted by molar-refractivity contribution is 14.1. The number of benzene rings is 2. The number of nitrogens with zero attached hydrogens (tertiary/aromatic N) is 2. The van der Waals surface area contributed by atoms with Crippen LogP contribution in [0.4, 0.5) is 5.69 Å². The third-order valence-electron chi connectivity index (χ3n) is 6.18. The van der Waals surface area contributed by atoms with Crippen LogP contribution in [-0.2, 0) is 0 Å². The van der Waals surface area contributed by atoms with Crippen LogP contribution in [0.25, 0.3) is 0 Å². The molecule has 0 bridgehead atoms. The maximum atomic E-state index is 6.65. The standard InChI is InChI=1S/C23H27Cl2IN2/c24-19-8-6-18(7-9-19)23-16-27(15-17-4-2-1-3-5-17)12-13-28(23)22-11-10-20(26)14-21(22)25/h6-11,14,17,23H,1-5,12-13,15-16H2. The van der Waals surface area contributed by atoms with Gasteiger partial charge in [0.15, 0.2) is 0 Å². The SMILES string of the molecule is Clc1ccc(C2CN(CC3CCCCC3)CCN2c2ccc(I)cc2Cl)cc1. The molecular weight excluding hydrogens is 502 g/mol. The average molecular weight is 529 g/mol. The lowest BCUT2D eigenvalue weighted by atomic mass is 9.88. The Hall–Kier alpha value is -0.490. The molecule has 1 aliphatic carbocycles. The van der Waals surface area contributed by atoms with Crippen LogP contribution in [0.3, 0.4) is 0 Å².